The molecule has 1 N–H and O–H groups in total. The van der Waals surface area contributed by atoms with Crippen LogP contribution in [0.25, 0.3) is 0 Å². The van der Waals surface area contributed by atoms with Gasteiger partial charge in [-0.3, -0.25) is 9.48 Å². The highest BCUT2D eigenvalue weighted by atomic mass is 16.4. The third-order valence-electron chi connectivity index (χ3n) is 3.10. The summed E-state index contributed by atoms with van der Waals surface area (Å²) in [5.41, 5.74) is 2.11. The molecule has 0 aliphatic heterocycles. The van der Waals surface area contributed by atoms with Gasteiger partial charge in [0.25, 0.3) is 0 Å². The van der Waals surface area contributed by atoms with Crippen molar-refractivity contribution in [3.8, 4) is 0 Å². The fraction of sp³-hybridized carbons (Fsp3) is 0.333. The van der Waals surface area contributed by atoms with E-state index in [1.807, 2.05) is 54.3 Å². The quantitative estimate of drug-likeness (QED) is 0.841. The van der Waals surface area contributed by atoms with Crippen molar-refractivity contribution in [3.05, 3.63) is 48.3 Å². The van der Waals surface area contributed by atoms with E-state index in [0.29, 0.717) is 13.1 Å². The molecule has 0 unspecified atom stereocenters. The van der Waals surface area contributed by atoms with Crippen LogP contribution in [-0.4, -0.2) is 27.4 Å². The van der Waals surface area contributed by atoms with E-state index in [9.17, 15) is 4.79 Å². The molecule has 106 valence electrons. The minimum absolute atomic E-state index is 0.122. The number of benzene rings is 1. The molecule has 1 aromatic carbocycles. The van der Waals surface area contributed by atoms with E-state index in [-0.39, 0.29) is 6.42 Å². The first kappa shape index (κ1) is 14.1. The highest BCUT2D eigenvalue weighted by Gasteiger charge is 2.10. The van der Waals surface area contributed by atoms with Crippen LogP contribution < -0.4 is 4.90 Å². The standard InChI is InChI=1S/C15H19N3O2/c1-2-18-12-13(10-16-18)11-17(9-8-15(19)20)14-6-4-3-5-7-14/h3-7,10,12H,2,8-9,11H2,1H3,(H,19,20). The van der Waals surface area contributed by atoms with E-state index >= 15 is 0 Å². The third kappa shape index (κ3) is 3.85. The number of carboxylic acids is 1. The maximum absolute atomic E-state index is 10.8. The molecule has 0 bridgehead atoms. The number of aliphatic carboxylic acids is 1. The largest absolute Gasteiger partial charge is 0.481 e. The summed E-state index contributed by atoms with van der Waals surface area (Å²) in [5.74, 6) is -0.782. The Bertz CT molecular complexity index is 551. The van der Waals surface area contributed by atoms with E-state index in [4.69, 9.17) is 5.11 Å². The maximum atomic E-state index is 10.8. The molecule has 0 fully saturated rings. The Hall–Kier alpha value is -2.30. The van der Waals surface area contributed by atoms with Crippen LogP contribution in [-0.2, 0) is 17.9 Å². The summed E-state index contributed by atoms with van der Waals surface area (Å²) in [6.07, 6.45) is 3.95. The Morgan fingerprint density at radius 1 is 1.35 bits per heavy atom. The summed E-state index contributed by atoms with van der Waals surface area (Å²) in [5, 5.41) is 13.1. The van der Waals surface area contributed by atoms with Crippen LogP contribution in [0.5, 0.6) is 0 Å². The van der Waals surface area contributed by atoms with Crippen LogP contribution in [0, 0.1) is 0 Å². The molecule has 2 aromatic rings. The van der Waals surface area contributed by atoms with Crippen LogP contribution in [0.15, 0.2) is 42.7 Å². The zero-order chi connectivity index (χ0) is 14.4. The second-order valence-electron chi connectivity index (χ2n) is 4.61. The second-order valence-corrected chi connectivity index (χ2v) is 4.61. The summed E-state index contributed by atoms with van der Waals surface area (Å²) in [7, 11) is 0. The fourth-order valence-electron chi connectivity index (χ4n) is 2.05. The van der Waals surface area contributed by atoms with Crippen LogP contribution in [0.1, 0.15) is 18.9 Å². The van der Waals surface area contributed by atoms with Crippen molar-refractivity contribution in [2.45, 2.75) is 26.4 Å². The number of para-hydroxylation sites is 1. The molecule has 0 radical (unpaired) electrons. The number of aryl methyl sites for hydroxylation is 1. The van der Waals surface area contributed by atoms with Gasteiger partial charge in [0.2, 0.25) is 0 Å². The van der Waals surface area contributed by atoms with Crippen molar-refractivity contribution in [3.63, 3.8) is 0 Å². The van der Waals surface area contributed by atoms with Crippen LogP contribution in [0.3, 0.4) is 0 Å². The van der Waals surface area contributed by atoms with Crippen molar-refractivity contribution in [2.24, 2.45) is 0 Å². The summed E-state index contributed by atoms with van der Waals surface area (Å²) in [6, 6.07) is 9.85. The van der Waals surface area contributed by atoms with Crippen LogP contribution >= 0.6 is 0 Å². The topological polar surface area (TPSA) is 58.4 Å². The molecule has 5 nitrogen and oxygen atoms in total. The normalized spacial score (nSPS) is 10.4. The number of hydrogen-bond donors (Lipinski definition) is 1. The van der Waals surface area contributed by atoms with E-state index in [0.717, 1.165) is 17.8 Å². The molecule has 0 saturated heterocycles. The van der Waals surface area contributed by atoms with E-state index in [1.165, 1.54) is 0 Å². The van der Waals surface area contributed by atoms with Gasteiger partial charge in [-0.1, -0.05) is 18.2 Å². The Morgan fingerprint density at radius 3 is 2.70 bits per heavy atom. The zero-order valence-corrected chi connectivity index (χ0v) is 11.6. The number of hydrogen-bond acceptors (Lipinski definition) is 3. The van der Waals surface area contributed by atoms with Gasteiger partial charge in [-0.2, -0.15) is 5.10 Å². The smallest absolute Gasteiger partial charge is 0.305 e. The van der Waals surface area contributed by atoms with Crippen molar-refractivity contribution in [2.75, 3.05) is 11.4 Å². The monoisotopic (exact) mass is 273 g/mol. The van der Waals surface area contributed by atoms with E-state index < -0.39 is 5.97 Å². The summed E-state index contributed by atoms with van der Waals surface area (Å²) in [6.45, 7) is 4.02. The number of rotatable bonds is 7. The Morgan fingerprint density at radius 2 is 2.10 bits per heavy atom. The van der Waals surface area contributed by atoms with Crippen molar-refractivity contribution in [1.82, 2.24) is 9.78 Å². The Balaban J connectivity index is 2.11. The molecular weight excluding hydrogens is 254 g/mol. The van der Waals surface area contributed by atoms with Gasteiger partial charge in [-0.05, 0) is 19.1 Å². The fourth-order valence-corrected chi connectivity index (χ4v) is 2.05. The number of nitrogens with zero attached hydrogens (tertiary/aromatic N) is 3. The first-order valence-electron chi connectivity index (χ1n) is 6.72. The highest BCUT2D eigenvalue weighted by molar-refractivity contribution is 5.67. The number of carbonyl (C=O) groups is 1. The Labute approximate surface area is 118 Å². The Kier molecular flexibility index (Phi) is 4.76. The predicted molar refractivity (Wildman–Crippen MR) is 77.6 cm³/mol. The molecule has 1 heterocycles. The molecule has 0 saturated carbocycles. The minimum atomic E-state index is -0.782. The van der Waals surface area contributed by atoms with Gasteiger partial charge in [0.15, 0.2) is 0 Å². The third-order valence-corrected chi connectivity index (χ3v) is 3.10. The highest BCUT2D eigenvalue weighted by Crippen LogP contribution is 2.17. The van der Waals surface area contributed by atoms with Crippen molar-refractivity contribution >= 4 is 11.7 Å². The summed E-state index contributed by atoms with van der Waals surface area (Å²) in [4.78, 5) is 12.9. The molecule has 5 heteroatoms. The van der Waals surface area contributed by atoms with Gasteiger partial charge in [0.05, 0.1) is 12.6 Å². The summed E-state index contributed by atoms with van der Waals surface area (Å²) < 4.78 is 1.87. The van der Waals surface area contributed by atoms with E-state index in [2.05, 4.69) is 10.00 Å². The van der Waals surface area contributed by atoms with Gasteiger partial charge in [-0.25, -0.2) is 0 Å². The number of aromatic nitrogens is 2. The first-order valence-corrected chi connectivity index (χ1v) is 6.72. The van der Waals surface area contributed by atoms with Crippen LogP contribution in [0.2, 0.25) is 0 Å². The molecular formula is C15H19N3O2. The minimum Gasteiger partial charge on any atom is -0.481 e. The second kappa shape index (κ2) is 6.75. The van der Waals surface area contributed by atoms with E-state index in [1.54, 1.807) is 0 Å². The predicted octanol–water partition coefficient (Wildman–Crippen LogP) is 2.38. The lowest BCUT2D eigenvalue weighted by Gasteiger charge is -2.23. The molecule has 0 amide bonds. The molecule has 0 spiro atoms. The lowest BCUT2D eigenvalue weighted by Crippen LogP contribution is -2.25. The number of anilines is 1. The van der Waals surface area contributed by atoms with Gasteiger partial charge in [0.1, 0.15) is 0 Å². The average Bonchev–Trinajstić information content (AvgIpc) is 2.92. The summed E-state index contributed by atoms with van der Waals surface area (Å²) >= 11 is 0. The molecule has 0 aliphatic rings. The molecule has 2 rings (SSSR count). The van der Waals surface area contributed by atoms with Gasteiger partial charge < -0.3 is 10.0 Å². The van der Waals surface area contributed by atoms with Gasteiger partial charge >= 0.3 is 5.97 Å². The number of carboxylic acid groups (broad SMARTS) is 1. The molecule has 0 aliphatic carbocycles. The molecule has 20 heavy (non-hydrogen) atoms. The van der Waals surface area contributed by atoms with Gasteiger partial charge in [-0.15, -0.1) is 0 Å². The first-order chi connectivity index (χ1) is 9.69. The lowest BCUT2D eigenvalue weighted by atomic mass is 10.2. The van der Waals surface area contributed by atoms with Crippen LogP contribution in [0.4, 0.5) is 5.69 Å². The van der Waals surface area contributed by atoms with Gasteiger partial charge in [0, 0.05) is 37.1 Å². The average molecular weight is 273 g/mol. The van der Waals surface area contributed by atoms with Crippen molar-refractivity contribution in [1.29, 1.82) is 0 Å². The lowest BCUT2D eigenvalue weighted by molar-refractivity contribution is -0.136. The SMILES string of the molecule is CCn1cc(CN(CCC(=O)O)c2ccccc2)cn1. The zero-order valence-electron chi connectivity index (χ0n) is 11.6. The van der Waals surface area contributed by atoms with Crippen molar-refractivity contribution < 1.29 is 9.90 Å². The molecule has 0 atom stereocenters. The maximum Gasteiger partial charge on any atom is 0.305 e. The molecule has 1 aromatic heterocycles.